The Hall–Kier alpha value is -5.30. The fourth-order valence-corrected chi connectivity index (χ4v) is 18.2. The predicted octanol–water partition coefficient (Wildman–Crippen LogP) is 6.06. The molecule has 336 valence electrons. The molecule has 2 aromatic carbocycles. The zero-order chi connectivity index (χ0) is 44.9. The van der Waals surface area contributed by atoms with Crippen molar-refractivity contribution in [2.24, 2.45) is 17.3 Å². The fourth-order valence-electron chi connectivity index (χ4n) is 18.2. The van der Waals surface area contributed by atoms with E-state index in [9.17, 15) is 5.21 Å². The van der Waals surface area contributed by atoms with E-state index in [0.717, 1.165) is 44.6 Å². The van der Waals surface area contributed by atoms with Crippen LogP contribution in [0.4, 0.5) is 5.69 Å². The summed E-state index contributed by atoms with van der Waals surface area (Å²) < 4.78 is 13.2. The maximum absolute atomic E-state index is 16.8. The van der Waals surface area contributed by atoms with Gasteiger partial charge < -0.3 is 34.5 Å². The number of piperazine rings is 2. The molecule has 10 unspecified atom stereocenters. The first-order valence-electron chi connectivity index (χ1n) is 24.1. The molecule has 17 rings (SSSR count). The van der Waals surface area contributed by atoms with Crippen molar-refractivity contribution >= 4 is 52.4 Å². The van der Waals surface area contributed by atoms with Crippen LogP contribution < -0.4 is 19.9 Å². The van der Waals surface area contributed by atoms with E-state index in [1.807, 2.05) is 66.7 Å². The number of amides is 4. The lowest BCUT2D eigenvalue weighted by molar-refractivity contribution is -0.218. The Balaban J connectivity index is 1.15. The molecule has 1 aromatic heterocycles. The normalized spacial score (nSPS) is 42.0. The fraction of sp³-hybridized carbons (Fsp3) is 0.577. The van der Waals surface area contributed by atoms with E-state index in [1.165, 1.54) is 5.06 Å². The van der Waals surface area contributed by atoms with E-state index >= 15 is 19.2 Å². The van der Waals surface area contributed by atoms with Crippen molar-refractivity contribution in [3.63, 3.8) is 0 Å². The molecule has 13 heterocycles. The molecule has 13 nitrogen and oxygen atoms in total. The predicted molar refractivity (Wildman–Crippen MR) is 239 cm³/mol. The summed E-state index contributed by atoms with van der Waals surface area (Å²) in [6.45, 7) is 17.8. The number of hydrogen-bond acceptors (Lipinski definition) is 8. The number of hydrogen-bond donors (Lipinski definition) is 3. The second kappa shape index (κ2) is 10.3. The highest BCUT2D eigenvalue weighted by atomic mass is 16.5. The van der Waals surface area contributed by atoms with E-state index in [1.54, 1.807) is 0 Å². The lowest BCUT2D eigenvalue weighted by Gasteiger charge is -2.72. The van der Waals surface area contributed by atoms with Crippen LogP contribution in [-0.4, -0.2) is 107 Å². The maximum atomic E-state index is 16.8. The molecule has 9 saturated heterocycles. The summed E-state index contributed by atoms with van der Waals surface area (Å²) in [7, 11) is 0. The van der Waals surface area contributed by atoms with Gasteiger partial charge in [0.05, 0.1) is 28.7 Å². The molecule has 5 spiro atoms. The van der Waals surface area contributed by atoms with Crippen LogP contribution in [0.2, 0.25) is 0 Å². The summed E-state index contributed by atoms with van der Waals surface area (Å²) in [6, 6.07) is 6.41. The third kappa shape index (κ3) is 3.46. The van der Waals surface area contributed by atoms with Crippen molar-refractivity contribution in [2.45, 2.75) is 156 Å². The summed E-state index contributed by atoms with van der Waals surface area (Å²) in [5.74, 6) is -0.782. The smallest absolute Gasteiger partial charge is 0.251 e. The van der Waals surface area contributed by atoms with E-state index in [2.05, 4.69) is 62.3 Å². The quantitative estimate of drug-likeness (QED) is 0.247. The van der Waals surface area contributed by atoms with Gasteiger partial charge in [0.2, 0.25) is 17.7 Å². The largest absolute Gasteiger partial charge is 0.483 e. The van der Waals surface area contributed by atoms with Crippen LogP contribution >= 0.6 is 0 Å². The number of rotatable bonds is 0. The molecule has 1 saturated carbocycles. The summed E-state index contributed by atoms with van der Waals surface area (Å²) in [4.78, 5) is 74.7. The molecule has 4 bridgehead atoms. The lowest BCUT2D eigenvalue weighted by atomic mass is 9.38. The average molecular weight is 877 g/mol. The van der Waals surface area contributed by atoms with Crippen molar-refractivity contribution in [1.82, 2.24) is 25.0 Å². The molecular weight excluding hydrogens is 821 g/mol. The van der Waals surface area contributed by atoms with E-state index in [4.69, 9.17) is 9.47 Å². The SMILES string of the molecule is CC1(C)C=Cc2c(ccc3c2N(O)C2C(C)(C)C4CC56CCCN5C(=O)C4(NC6=O)C4N5C(=O)C67CCCN6C(=O)C56C(C7)C(C)(C)c5[nH]c7c8c(ccc7c5C6C324)OC(C)(C)C=C8)O1. The van der Waals surface area contributed by atoms with E-state index in [-0.39, 0.29) is 29.5 Å². The highest BCUT2D eigenvalue weighted by Gasteiger charge is 2.95. The van der Waals surface area contributed by atoms with Crippen molar-refractivity contribution < 1.29 is 33.9 Å². The Bertz CT molecular complexity index is 3000. The zero-order valence-electron chi connectivity index (χ0n) is 38.3. The van der Waals surface area contributed by atoms with Crippen molar-refractivity contribution in [1.29, 1.82) is 0 Å². The third-order valence-corrected chi connectivity index (χ3v) is 20.2. The van der Waals surface area contributed by atoms with Gasteiger partial charge in [0.1, 0.15) is 44.9 Å². The van der Waals surface area contributed by atoms with Crippen LogP contribution in [0.25, 0.3) is 23.1 Å². The molecule has 13 heteroatoms. The first-order valence-corrected chi connectivity index (χ1v) is 24.1. The molecule has 14 aliphatic rings. The number of H-pyrrole nitrogens is 1. The minimum absolute atomic E-state index is 0.0677. The van der Waals surface area contributed by atoms with Crippen LogP contribution in [0.5, 0.6) is 11.5 Å². The molecule has 65 heavy (non-hydrogen) atoms. The average Bonchev–Trinajstić information content (AvgIpc) is 4.06. The molecule has 10 fully saturated rings. The summed E-state index contributed by atoms with van der Waals surface area (Å²) in [5.41, 5.74) is -3.44. The molecule has 12 aliphatic heterocycles. The Labute approximate surface area is 377 Å². The first-order chi connectivity index (χ1) is 30.7. The van der Waals surface area contributed by atoms with Crippen molar-refractivity contribution in [2.75, 3.05) is 18.2 Å². The number of carbonyl (C=O) groups is 4. The monoisotopic (exact) mass is 876 g/mol. The van der Waals surface area contributed by atoms with Gasteiger partial charge in [-0.05, 0) is 125 Å². The maximum Gasteiger partial charge on any atom is 0.251 e. The number of anilines is 1. The van der Waals surface area contributed by atoms with E-state index < -0.39 is 73.5 Å². The van der Waals surface area contributed by atoms with E-state index in [0.29, 0.717) is 63.1 Å². The number of piperidine rings is 4. The summed E-state index contributed by atoms with van der Waals surface area (Å²) >= 11 is 0. The van der Waals surface area contributed by atoms with Crippen LogP contribution in [-0.2, 0) is 30.0 Å². The number of nitrogens with one attached hydrogen (secondary N) is 2. The van der Waals surface area contributed by atoms with Crippen molar-refractivity contribution in [3.8, 4) is 11.5 Å². The topological polar surface area (TPSA) is 148 Å². The number of hydroxylamine groups is 1. The Morgan fingerprint density at radius 2 is 1.35 bits per heavy atom. The number of aromatic nitrogens is 1. The Kier molecular flexibility index (Phi) is 6.01. The number of benzene rings is 2. The number of carbonyl (C=O) groups excluding carboxylic acids is 4. The summed E-state index contributed by atoms with van der Waals surface area (Å²) in [5, 5.41) is 19.6. The lowest BCUT2D eigenvalue weighted by Crippen LogP contribution is -2.93. The van der Waals surface area contributed by atoms with Gasteiger partial charge in [-0.1, -0.05) is 33.8 Å². The second-order valence-electron chi connectivity index (χ2n) is 24.3. The molecule has 3 aromatic rings. The second-order valence-corrected chi connectivity index (χ2v) is 24.3. The third-order valence-electron chi connectivity index (χ3n) is 20.2. The van der Waals surface area contributed by atoms with Crippen LogP contribution in [0.3, 0.4) is 0 Å². The zero-order valence-corrected chi connectivity index (χ0v) is 38.3. The van der Waals surface area contributed by atoms with Crippen LogP contribution in [0.15, 0.2) is 36.4 Å². The van der Waals surface area contributed by atoms with Gasteiger partial charge in [0, 0.05) is 58.5 Å². The molecular formula is C52H56N6O7. The van der Waals surface area contributed by atoms with Gasteiger partial charge in [-0.2, -0.15) is 0 Å². The molecule has 3 N–H and O–H groups in total. The molecule has 2 aliphatic carbocycles. The van der Waals surface area contributed by atoms with Gasteiger partial charge in [-0.3, -0.25) is 29.4 Å². The van der Waals surface area contributed by atoms with Gasteiger partial charge in [-0.25, -0.2) is 0 Å². The highest BCUT2D eigenvalue weighted by molar-refractivity contribution is 6.12. The number of ether oxygens (including phenoxy) is 2. The summed E-state index contributed by atoms with van der Waals surface area (Å²) in [6.07, 6.45) is 11.6. The number of nitrogens with zero attached hydrogens (tertiary/aromatic N) is 4. The molecule has 0 radical (unpaired) electrons. The van der Waals surface area contributed by atoms with Gasteiger partial charge >= 0.3 is 0 Å². The minimum Gasteiger partial charge on any atom is -0.483 e. The van der Waals surface area contributed by atoms with Gasteiger partial charge in [0.15, 0.2) is 0 Å². The van der Waals surface area contributed by atoms with Gasteiger partial charge in [0.25, 0.3) is 5.91 Å². The van der Waals surface area contributed by atoms with Crippen molar-refractivity contribution in [3.05, 3.63) is 64.4 Å². The Morgan fingerprint density at radius 3 is 2.08 bits per heavy atom. The number of aromatic amines is 1. The highest BCUT2D eigenvalue weighted by Crippen LogP contribution is 2.82. The molecule has 4 amide bonds. The standard InChI is InChI=1S/C52H56N6O7/c1-44(2)19-15-25-29(64-44)13-11-27-33-36-50-28-12-14-30-26(16-20-45(3,4)65-30)35(28)58(63)38(50)47(7,8)31-23-48-17-9-21-55(48)42(61)51(31,54-40(48)59)39(50)57-41(60)49-18-10-22-56(49)43(62)52(36,57)32(24-49)46(5,6)37(33)53-34(25)27/h11-16,19-20,31-32,36,38-39,53,63H,9-10,17-18,21-24H2,1-8H3,(H,54,59). The van der Waals surface area contributed by atoms with Gasteiger partial charge in [-0.15, -0.1) is 0 Å². The number of fused-ring (bicyclic) bond motifs is 10. The first kappa shape index (κ1) is 37.9. The van der Waals surface area contributed by atoms with Crippen LogP contribution in [0, 0.1) is 17.3 Å². The minimum atomic E-state index is -1.61. The van der Waals surface area contributed by atoms with Crippen LogP contribution in [0.1, 0.15) is 128 Å². The molecule has 10 atom stereocenters. The Morgan fingerprint density at radius 1 is 0.723 bits per heavy atom.